The Kier molecular flexibility index (Phi) is 3.15. The van der Waals surface area contributed by atoms with Crippen LogP contribution in [-0.4, -0.2) is 17.6 Å². The van der Waals surface area contributed by atoms with Crippen LogP contribution in [0.15, 0.2) is 6.07 Å². The molecule has 0 aliphatic heterocycles. The van der Waals surface area contributed by atoms with E-state index in [-0.39, 0.29) is 5.97 Å². The quantitative estimate of drug-likeness (QED) is 0.766. The molecule has 2 rings (SSSR count). The lowest BCUT2D eigenvalue weighted by Crippen LogP contribution is -2.03. The van der Waals surface area contributed by atoms with Gasteiger partial charge in [-0.15, -0.1) is 11.3 Å². The van der Waals surface area contributed by atoms with Crippen molar-refractivity contribution in [3.05, 3.63) is 27.8 Å². The van der Waals surface area contributed by atoms with Crippen molar-refractivity contribution in [2.75, 3.05) is 6.61 Å². The highest BCUT2D eigenvalue weighted by atomic mass is 32.1. The number of pyridine rings is 1. The molecule has 0 fully saturated rings. The Bertz CT molecular complexity index is 587. The van der Waals surface area contributed by atoms with E-state index in [1.54, 1.807) is 0 Å². The van der Waals surface area contributed by atoms with Crippen molar-refractivity contribution in [1.29, 1.82) is 0 Å². The van der Waals surface area contributed by atoms with E-state index in [1.165, 1.54) is 11.3 Å². The molecule has 2 aromatic heterocycles. The van der Waals surface area contributed by atoms with Gasteiger partial charge in [-0.1, -0.05) is 0 Å². The number of esters is 1. The molecule has 0 saturated carbocycles. The molecule has 0 bridgehead atoms. The second kappa shape index (κ2) is 4.45. The maximum atomic E-state index is 11.8. The molecule has 0 aliphatic rings. The van der Waals surface area contributed by atoms with Gasteiger partial charge in [0.2, 0.25) is 0 Å². The zero-order chi connectivity index (χ0) is 12.6. The Morgan fingerprint density at radius 2 is 2.12 bits per heavy atom. The average Bonchev–Trinajstić information content (AvgIpc) is 2.56. The maximum absolute atomic E-state index is 11.8. The topological polar surface area (TPSA) is 39.2 Å². The first-order chi connectivity index (χ1) is 8.04. The highest BCUT2D eigenvalue weighted by Gasteiger charge is 2.18. The SMILES string of the molecule is CCOC(=O)c1sc2nc(C)cc(C)c2c1C. The number of carbonyl (C=O) groups excluding carboxylic acids is 1. The monoisotopic (exact) mass is 249 g/mol. The molecule has 0 N–H and O–H groups in total. The van der Waals surface area contributed by atoms with Gasteiger partial charge in [0.25, 0.3) is 0 Å². The van der Waals surface area contributed by atoms with Crippen LogP contribution in [0.2, 0.25) is 0 Å². The Morgan fingerprint density at radius 3 is 2.76 bits per heavy atom. The lowest BCUT2D eigenvalue weighted by molar-refractivity contribution is 0.0531. The first-order valence-corrected chi connectivity index (χ1v) is 6.40. The summed E-state index contributed by atoms with van der Waals surface area (Å²) in [6.45, 7) is 8.18. The largest absolute Gasteiger partial charge is 0.462 e. The summed E-state index contributed by atoms with van der Waals surface area (Å²) in [6, 6.07) is 2.04. The molecule has 0 atom stereocenters. The molecular formula is C13H15NO2S. The van der Waals surface area contributed by atoms with E-state index in [0.29, 0.717) is 11.5 Å². The van der Waals surface area contributed by atoms with Crippen LogP contribution in [-0.2, 0) is 4.74 Å². The number of thiophene rings is 1. The minimum atomic E-state index is -0.245. The fourth-order valence-electron chi connectivity index (χ4n) is 2.01. The fourth-order valence-corrected chi connectivity index (χ4v) is 3.21. The Morgan fingerprint density at radius 1 is 1.41 bits per heavy atom. The highest BCUT2D eigenvalue weighted by molar-refractivity contribution is 7.20. The van der Waals surface area contributed by atoms with Crippen LogP contribution in [0.5, 0.6) is 0 Å². The van der Waals surface area contributed by atoms with E-state index < -0.39 is 0 Å². The van der Waals surface area contributed by atoms with Crippen molar-refractivity contribution in [2.45, 2.75) is 27.7 Å². The number of ether oxygens (including phenoxy) is 1. The summed E-state index contributed by atoms with van der Waals surface area (Å²) >= 11 is 1.41. The molecule has 90 valence electrons. The summed E-state index contributed by atoms with van der Waals surface area (Å²) < 4.78 is 5.05. The standard InChI is InChI=1S/C13H15NO2S/c1-5-16-13(15)11-9(4)10-7(2)6-8(3)14-12(10)17-11/h6H,5H2,1-4H3. The molecule has 3 nitrogen and oxygen atoms in total. The predicted octanol–water partition coefficient (Wildman–Crippen LogP) is 3.40. The van der Waals surface area contributed by atoms with E-state index in [1.807, 2.05) is 33.8 Å². The summed E-state index contributed by atoms with van der Waals surface area (Å²) in [5.74, 6) is -0.245. The normalized spacial score (nSPS) is 10.8. The smallest absolute Gasteiger partial charge is 0.348 e. The van der Waals surface area contributed by atoms with Gasteiger partial charge in [0.05, 0.1) is 6.61 Å². The van der Waals surface area contributed by atoms with Crippen LogP contribution >= 0.6 is 11.3 Å². The third-order valence-electron chi connectivity index (χ3n) is 2.69. The van der Waals surface area contributed by atoms with Gasteiger partial charge in [0.15, 0.2) is 0 Å². The zero-order valence-electron chi connectivity index (χ0n) is 10.5. The van der Waals surface area contributed by atoms with Gasteiger partial charge in [0, 0.05) is 11.1 Å². The predicted molar refractivity (Wildman–Crippen MR) is 69.8 cm³/mol. The van der Waals surface area contributed by atoms with Gasteiger partial charge in [-0.3, -0.25) is 0 Å². The molecule has 0 spiro atoms. The van der Waals surface area contributed by atoms with Crippen LogP contribution in [0, 0.1) is 20.8 Å². The Hall–Kier alpha value is -1.42. The first kappa shape index (κ1) is 12.0. The van der Waals surface area contributed by atoms with E-state index in [4.69, 9.17) is 4.74 Å². The molecule has 2 heterocycles. The van der Waals surface area contributed by atoms with E-state index in [2.05, 4.69) is 4.98 Å². The molecule has 0 amide bonds. The Balaban J connectivity index is 2.64. The molecule has 0 aliphatic carbocycles. The third kappa shape index (κ3) is 2.05. The minimum Gasteiger partial charge on any atom is -0.462 e. The van der Waals surface area contributed by atoms with Gasteiger partial charge in [-0.25, -0.2) is 9.78 Å². The summed E-state index contributed by atoms with van der Waals surface area (Å²) in [7, 11) is 0. The lowest BCUT2D eigenvalue weighted by Gasteiger charge is -2.00. The Labute approximate surface area is 104 Å². The van der Waals surface area contributed by atoms with Crippen LogP contribution in [0.1, 0.15) is 33.4 Å². The van der Waals surface area contributed by atoms with Gasteiger partial charge < -0.3 is 4.74 Å². The van der Waals surface area contributed by atoms with Gasteiger partial charge in [-0.2, -0.15) is 0 Å². The summed E-state index contributed by atoms with van der Waals surface area (Å²) in [4.78, 5) is 17.9. The van der Waals surface area contributed by atoms with E-state index in [9.17, 15) is 4.79 Å². The van der Waals surface area contributed by atoms with Crippen molar-refractivity contribution < 1.29 is 9.53 Å². The molecule has 0 aromatic carbocycles. The van der Waals surface area contributed by atoms with Crippen molar-refractivity contribution in [3.63, 3.8) is 0 Å². The van der Waals surface area contributed by atoms with Gasteiger partial charge in [-0.05, 0) is 44.9 Å². The summed E-state index contributed by atoms with van der Waals surface area (Å²) in [5, 5.41) is 1.09. The van der Waals surface area contributed by atoms with E-state index >= 15 is 0 Å². The number of aromatic nitrogens is 1. The van der Waals surface area contributed by atoms with Crippen LogP contribution in [0.25, 0.3) is 10.2 Å². The minimum absolute atomic E-state index is 0.245. The number of fused-ring (bicyclic) bond motifs is 1. The molecule has 0 radical (unpaired) electrons. The zero-order valence-corrected chi connectivity index (χ0v) is 11.3. The highest BCUT2D eigenvalue weighted by Crippen LogP contribution is 2.32. The number of nitrogens with zero attached hydrogens (tertiary/aromatic N) is 1. The summed E-state index contributed by atoms with van der Waals surface area (Å²) in [6.07, 6.45) is 0. The number of aryl methyl sites for hydroxylation is 3. The lowest BCUT2D eigenvalue weighted by atomic mass is 10.1. The summed E-state index contributed by atoms with van der Waals surface area (Å²) in [5.41, 5.74) is 3.12. The maximum Gasteiger partial charge on any atom is 0.348 e. The second-order valence-electron chi connectivity index (χ2n) is 4.04. The van der Waals surface area contributed by atoms with Gasteiger partial charge >= 0.3 is 5.97 Å². The molecular weight excluding hydrogens is 234 g/mol. The fraction of sp³-hybridized carbons (Fsp3) is 0.385. The average molecular weight is 249 g/mol. The molecule has 2 aromatic rings. The van der Waals surface area contributed by atoms with Crippen LogP contribution < -0.4 is 0 Å². The second-order valence-corrected chi connectivity index (χ2v) is 5.04. The van der Waals surface area contributed by atoms with Crippen molar-refractivity contribution in [2.24, 2.45) is 0 Å². The first-order valence-electron chi connectivity index (χ1n) is 5.59. The molecule has 0 unspecified atom stereocenters. The number of carbonyl (C=O) groups is 1. The van der Waals surface area contributed by atoms with Gasteiger partial charge in [0.1, 0.15) is 9.71 Å². The van der Waals surface area contributed by atoms with Crippen molar-refractivity contribution in [1.82, 2.24) is 4.98 Å². The third-order valence-corrected chi connectivity index (χ3v) is 3.85. The molecule has 0 saturated heterocycles. The molecule has 17 heavy (non-hydrogen) atoms. The van der Waals surface area contributed by atoms with Crippen molar-refractivity contribution >= 4 is 27.5 Å². The van der Waals surface area contributed by atoms with E-state index in [0.717, 1.165) is 27.0 Å². The number of hydrogen-bond donors (Lipinski definition) is 0. The van der Waals surface area contributed by atoms with Crippen LogP contribution in [0.3, 0.4) is 0 Å². The van der Waals surface area contributed by atoms with Crippen molar-refractivity contribution in [3.8, 4) is 0 Å². The number of hydrogen-bond acceptors (Lipinski definition) is 4. The number of rotatable bonds is 2. The molecule has 4 heteroatoms. The van der Waals surface area contributed by atoms with Crippen LogP contribution in [0.4, 0.5) is 0 Å².